The Morgan fingerprint density at radius 1 is 1.28 bits per heavy atom. The zero-order valence-electron chi connectivity index (χ0n) is 10.8. The predicted molar refractivity (Wildman–Crippen MR) is 77.6 cm³/mol. The molecule has 0 heterocycles. The summed E-state index contributed by atoms with van der Waals surface area (Å²) in [4.78, 5) is 12.2. The van der Waals surface area contributed by atoms with Crippen LogP contribution in [0.15, 0.2) is 28.7 Å². The third kappa shape index (κ3) is 3.35. The fourth-order valence-corrected chi connectivity index (χ4v) is 3.15. The van der Waals surface area contributed by atoms with Crippen molar-refractivity contribution >= 4 is 21.8 Å². The van der Waals surface area contributed by atoms with Crippen molar-refractivity contribution in [2.75, 3.05) is 0 Å². The number of rotatable bonds is 3. The van der Waals surface area contributed by atoms with Crippen molar-refractivity contribution in [1.82, 2.24) is 5.32 Å². The summed E-state index contributed by atoms with van der Waals surface area (Å²) in [6.45, 7) is 2.13. The topological polar surface area (TPSA) is 29.1 Å². The molecule has 1 atom stereocenters. The maximum absolute atomic E-state index is 12.2. The maximum atomic E-state index is 12.2. The number of hydrogen-bond donors (Lipinski definition) is 1. The van der Waals surface area contributed by atoms with Gasteiger partial charge in [0, 0.05) is 10.5 Å². The van der Waals surface area contributed by atoms with Crippen LogP contribution in [0, 0.1) is 5.92 Å². The minimum atomic E-state index is 0.0283. The van der Waals surface area contributed by atoms with Crippen LogP contribution in [0.1, 0.15) is 49.4 Å². The number of nitrogens with one attached hydrogen (secondary N) is 1. The summed E-state index contributed by atoms with van der Waals surface area (Å²) in [5, 5.41) is 3.14. The van der Waals surface area contributed by atoms with Crippen molar-refractivity contribution in [2.24, 2.45) is 5.92 Å². The largest absolute Gasteiger partial charge is 0.349 e. The highest BCUT2D eigenvalue weighted by Gasteiger charge is 2.22. The molecule has 18 heavy (non-hydrogen) atoms. The van der Waals surface area contributed by atoms with Crippen LogP contribution in [0.3, 0.4) is 0 Å². The molecular weight excluding hydrogens is 290 g/mol. The lowest BCUT2D eigenvalue weighted by atomic mass is 9.84. The van der Waals surface area contributed by atoms with Gasteiger partial charge in [0.05, 0.1) is 5.56 Å². The van der Waals surface area contributed by atoms with Gasteiger partial charge in [0.1, 0.15) is 0 Å². The molecule has 0 bridgehead atoms. The van der Waals surface area contributed by atoms with Crippen LogP contribution in [-0.4, -0.2) is 11.9 Å². The maximum Gasteiger partial charge on any atom is 0.252 e. The van der Waals surface area contributed by atoms with Gasteiger partial charge in [0.25, 0.3) is 5.91 Å². The summed E-state index contributed by atoms with van der Waals surface area (Å²) in [7, 11) is 0. The van der Waals surface area contributed by atoms with E-state index in [0.717, 1.165) is 10.0 Å². The van der Waals surface area contributed by atoms with Crippen LogP contribution in [0.5, 0.6) is 0 Å². The van der Waals surface area contributed by atoms with E-state index in [-0.39, 0.29) is 11.9 Å². The SMILES string of the molecule is CC(NC(=O)c1ccccc1Br)C1CCCCC1. The summed E-state index contributed by atoms with van der Waals surface area (Å²) in [5.74, 6) is 0.672. The normalized spacial score (nSPS) is 18.3. The lowest BCUT2D eigenvalue weighted by Crippen LogP contribution is -2.39. The Kier molecular flexibility index (Phi) is 4.81. The smallest absolute Gasteiger partial charge is 0.252 e. The summed E-state index contributed by atoms with van der Waals surface area (Å²) in [6.07, 6.45) is 6.45. The number of carbonyl (C=O) groups is 1. The molecule has 1 aliphatic carbocycles. The van der Waals surface area contributed by atoms with E-state index in [9.17, 15) is 4.79 Å². The molecule has 1 aromatic rings. The average molecular weight is 310 g/mol. The first-order valence-corrected chi connectivity index (χ1v) is 7.53. The van der Waals surface area contributed by atoms with E-state index >= 15 is 0 Å². The molecule has 3 heteroatoms. The molecule has 0 saturated heterocycles. The second-order valence-corrected chi connectivity index (χ2v) is 5.99. The molecule has 2 nitrogen and oxygen atoms in total. The molecule has 98 valence electrons. The van der Waals surface area contributed by atoms with E-state index in [4.69, 9.17) is 0 Å². The van der Waals surface area contributed by atoms with E-state index < -0.39 is 0 Å². The minimum absolute atomic E-state index is 0.0283. The van der Waals surface area contributed by atoms with Crippen LogP contribution in [0.25, 0.3) is 0 Å². The highest BCUT2D eigenvalue weighted by Crippen LogP contribution is 2.26. The van der Waals surface area contributed by atoms with Crippen molar-refractivity contribution in [3.8, 4) is 0 Å². The van der Waals surface area contributed by atoms with Crippen molar-refractivity contribution < 1.29 is 4.79 Å². The third-order valence-electron chi connectivity index (χ3n) is 3.83. The van der Waals surface area contributed by atoms with Gasteiger partial charge >= 0.3 is 0 Å². The van der Waals surface area contributed by atoms with Crippen LogP contribution in [0.2, 0.25) is 0 Å². The molecular formula is C15H20BrNO. The van der Waals surface area contributed by atoms with Gasteiger partial charge in [0.2, 0.25) is 0 Å². The van der Waals surface area contributed by atoms with Crippen LogP contribution >= 0.6 is 15.9 Å². The number of carbonyl (C=O) groups excluding carboxylic acids is 1. The van der Waals surface area contributed by atoms with Gasteiger partial charge in [-0.1, -0.05) is 31.4 Å². The number of benzene rings is 1. The fraction of sp³-hybridized carbons (Fsp3) is 0.533. The van der Waals surface area contributed by atoms with Crippen molar-refractivity contribution in [3.63, 3.8) is 0 Å². The number of hydrogen-bond acceptors (Lipinski definition) is 1. The summed E-state index contributed by atoms with van der Waals surface area (Å²) >= 11 is 3.42. The molecule has 0 radical (unpaired) electrons. The molecule has 1 unspecified atom stereocenters. The molecule has 1 aromatic carbocycles. The van der Waals surface area contributed by atoms with Crippen LogP contribution in [0.4, 0.5) is 0 Å². The third-order valence-corrected chi connectivity index (χ3v) is 4.53. The quantitative estimate of drug-likeness (QED) is 0.893. The van der Waals surface area contributed by atoms with Crippen LogP contribution < -0.4 is 5.32 Å². The van der Waals surface area contributed by atoms with Gasteiger partial charge in [0.15, 0.2) is 0 Å². The fourth-order valence-electron chi connectivity index (χ4n) is 2.68. The second kappa shape index (κ2) is 6.37. The Hall–Kier alpha value is -0.830. The monoisotopic (exact) mass is 309 g/mol. The number of halogens is 1. The van der Waals surface area contributed by atoms with Gasteiger partial charge in [-0.3, -0.25) is 4.79 Å². The van der Waals surface area contributed by atoms with E-state index in [2.05, 4.69) is 28.2 Å². The van der Waals surface area contributed by atoms with Crippen LogP contribution in [-0.2, 0) is 0 Å². The molecule has 1 fully saturated rings. The van der Waals surface area contributed by atoms with Gasteiger partial charge in [-0.15, -0.1) is 0 Å². The summed E-state index contributed by atoms with van der Waals surface area (Å²) in [6, 6.07) is 7.84. The highest BCUT2D eigenvalue weighted by molar-refractivity contribution is 9.10. The summed E-state index contributed by atoms with van der Waals surface area (Å²) in [5.41, 5.74) is 0.722. The minimum Gasteiger partial charge on any atom is -0.349 e. The Labute approximate surface area is 117 Å². The predicted octanol–water partition coefficient (Wildman–Crippen LogP) is 4.15. The molecule has 0 spiro atoms. The standard InChI is InChI=1S/C15H20BrNO/c1-11(12-7-3-2-4-8-12)17-15(18)13-9-5-6-10-14(13)16/h5-6,9-12H,2-4,7-8H2,1H3,(H,17,18). The first-order valence-electron chi connectivity index (χ1n) is 6.74. The molecule has 0 aromatic heterocycles. The lowest BCUT2D eigenvalue weighted by molar-refractivity contribution is 0.0918. The Morgan fingerprint density at radius 2 is 1.94 bits per heavy atom. The first-order chi connectivity index (χ1) is 8.68. The van der Waals surface area contributed by atoms with Crippen molar-refractivity contribution in [2.45, 2.75) is 45.1 Å². The Bertz CT molecular complexity index is 413. The molecule has 0 aliphatic heterocycles. The van der Waals surface area contributed by atoms with Gasteiger partial charge in [-0.05, 0) is 53.7 Å². The molecule has 1 N–H and O–H groups in total. The van der Waals surface area contributed by atoms with Crippen molar-refractivity contribution in [3.05, 3.63) is 34.3 Å². The van der Waals surface area contributed by atoms with E-state index in [1.54, 1.807) is 0 Å². The first kappa shape index (κ1) is 13.6. The number of amides is 1. The van der Waals surface area contributed by atoms with Gasteiger partial charge in [-0.25, -0.2) is 0 Å². The van der Waals surface area contributed by atoms with Gasteiger partial charge < -0.3 is 5.32 Å². The summed E-state index contributed by atoms with van der Waals surface area (Å²) < 4.78 is 0.860. The Balaban J connectivity index is 1.96. The van der Waals surface area contributed by atoms with Gasteiger partial charge in [-0.2, -0.15) is 0 Å². The molecule has 1 aliphatic rings. The average Bonchev–Trinajstić information content (AvgIpc) is 2.40. The molecule has 1 saturated carbocycles. The lowest BCUT2D eigenvalue weighted by Gasteiger charge is -2.28. The molecule has 2 rings (SSSR count). The van der Waals surface area contributed by atoms with E-state index in [0.29, 0.717) is 5.92 Å². The van der Waals surface area contributed by atoms with E-state index in [1.807, 2.05) is 24.3 Å². The second-order valence-electron chi connectivity index (χ2n) is 5.14. The Morgan fingerprint density at radius 3 is 2.61 bits per heavy atom. The highest BCUT2D eigenvalue weighted by atomic mass is 79.9. The van der Waals surface area contributed by atoms with Crippen molar-refractivity contribution in [1.29, 1.82) is 0 Å². The zero-order chi connectivity index (χ0) is 13.0. The van der Waals surface area contributed by atoms with E-state index in [1.165, 1.54) is 32.1 Å². The zero-order valence-corrected chi connectivity index (χ0v) is 12.4. The molecule has 1 amide bonds.